The summed E-state index contributed by atoms with van der Waals surface area (Å²) < 4.78 is 0. The summed E-state index contributed by atoms with van der Waals surface area (Å²) in [5, 5.41) is 4.33. The molecule has 2 aliphatic rings. The first-order valence-electron chi connectivity index (χ1n) is 10.3. The van der Waals surface area contributed by atoms with Crippen LogP contribution in [0.1, 0.15) is 18.9 Å². The highest BCUT2D eigenvalue weighted by Crippen LogP contribution is 2.40. The Hall–Kier alpha value is -2.03. The van der Waals surface area contributed by atoms with E-state index in [1.165, 1.54) is 0 Å². The van der Waals surface area contributed by atoms with Crippen molar-refractivity contribution in [1.29, 1.82) is 0 Å². The van der Waals surface area contributed by atoms with E-state index in [9.17, 15) is 4.79 Å². The van der Waals surface area contributed by atoms with Crippen molar-refractivity contribution in [3.8, 4) is 0 Å². The molecular weight excluding hydrogens is 420 g/mol. The van der Waals surface area contributed by atoms with Crippen molar-refractivity contribution in [3.05, 3.63) is 41.0 Å². The molecule has 9 heteroatoms. The topological polar surface area (TPSA) is 64.6 Å². The normalized spacial score (nSPS) is 19.0. The molecule has 1 fully saturated rings. The number of thioether (sulfide) groups is 1. The molecule has 0 radical (unpaired) electrons. The van der Waals surface area contributed by atoms with Crippen molar-refractivity contribution >= 4 is 40.8 Å². The van der Waals surface area contributed by atoms with E-state index in [0.717, 1.165) is 43.9 Å². The van der Waals surface area contributed by atoms with Gasteiger partial charge in [0, 0.05) is 38.5 Å². The number of piperazine rings is 1. The number of amides is 1. The van der Waals surface area contributed by atoms with E-state index in [4.69, 9.17) is 16.6 Å². The molecular formula is C21H27ClN6OS. The number of nitrogens with zero attached hydrogens (tertiary/aromatic N) is 5. The number of aromatic nitrogens is 2. The average molecular weight is 447 g/mol. The maximum absolute atomic E-state index is 13.5. The number of halogens is 1. The summed E-state index contributed by atoms with van der Waals surface area (Å²) in [6.45, 7) is 5.89. The van der Waals surface area contributed by atoms with Crippen LogP contribution in [0.2, 0.25) is 5.15 Å². The maximum atomic E-state index is 13.5. The summed E-state index contributed by atoms with van der Waals surface area (Å²) in [6.07, 6.45) is 0.487. The van der Waals surface area contributed by atoms with Crippen molar-refractivity contribution in [1.82, 2.24) is 19.8 Å². The van der Waals surface area contributed by atoms with Crippen LogP contribution >= 0.6 is 23.4 Å². The summed E-state index contributed by atoms with van der Waals surface area (Å²) >= 11 is 8.10. The van der Waals surface area contributed by atoms with Crippen LogP contribution in [0.25, 0.3) is 0 Å². The highest BCUT2D eigenvalue weighted by molar-refractivity contribution is 7.99. The van der Waals surface area contributed by atoms with Crippen LogP contribution in [0.3, 0.4) is 0 Å². The molecule has 0 aliphatic carbocycles. The Bertz CT molecular complexity index is 891. The van der Waals surface area contributed by atoms with Gasteiger partial charge in [0.25, 0.3) is 5.91 Å². The molecule has 1 aromatic carbocycles. The third kappa shape index (κ3) is 4.50. The Morgan fingerprint density at radius 1 is 1.20 bits per heavy atom. The van der Waals surface area contributed by atoms with E-state index in [1.54, 1.807) is 11.8 Å². The predicted molar refractivity (Wildman–Crippen MR) is 122 cm³/mol. The van der Waals surface area contributed by atoms with Crippen LogP contribution in [0.5, 0.6) is 0 Å². The minimum Gasteiger partial charge on any atom is -0.352 e. The summed E-state index contributed by atoms with van der Waals surface area (Å²) in [4.78, 5) is 28.8. The number of carbonyl (C=O) groups excluding carboxylic acids is 1. The summed E-state index contributed by atoms with van der Waals surface area (Å²) in [7, 11) is 2.08. The number of likely N-dealkylation sites (N-methyl/N-ethyl adjacent to an activating group) is 1. The number of hydrogen-bond donors (Lipinski definition) is 1. The molecule has 3 heterocycles. The SMILES string of the molecule is CCCSc1nc(Cl)c2c(n1)N(Cc1ccccc1)C(C(=O)N1CCN(C)CC1)N2. The largest absolute Gasteiger partial charge is 0.352 e. The third-order valence-corrected chi connectivity index (χ3v) is 6.70. The van der Waals surface area contributed by atoms with E-state index >= 15 is 0 Å². The highest BCUT2D eigenvalue weighted by Gasteiger charge is 2.40. The second-order valence-corrected chi connectivity index (χ2v) is 9.05. The number of fused-ring (bicyclic) bond motifs is 1. The quantitative estimate of drug-likeness (QED) is 0.415. The van der Waals surface area contributed by atoms with Crippen LogP contribution in [0.4, 0.5) is 11.5 Å². The Morgan fingerprint density at radius 2 is 1.93 bits per heavy atom. The summed E-state index contributed by atoms with van der Waals surface area (Å²) in [6, 6.07) is 10.1. The van der Waals surface area contributed by atoms with Gasteiger partial charge in [0.05, 0.1) is 0 Å². The molecule has 1 atom stereocenters. The van der Waals surface area contributed by atoms with Crippen LogP contribution in [-0.4, -0.2) is 70.8 Å². The molecule has 160 valence electrons. The van der Waals surface area contributed by atoms with Gasteiger partial charge in [-0.15, -0.1) is 0 Å². The molecule has 1 saturated heterocycles. The van der Waals surface area contributed by atoms with Gasteiger partial charge >= 0.3 is 0 Å². The van der Waals surface area contributed by atoms with Crippen LogP contribution in [0, 0.1) is 0 Å². The number of carbonyl (C=O) groups is 1. The monoisotopic (exact) mass is 446 g/mol. The molecule has 1 aromatic heterocycles. The molecule has 4 rings (SSSR count). The van der Waals surface area contributed by atoms with Gasteiger partial charge in [0.2, 0.25) is 0 Å². The number of nitrogens with one attached hydrogen (secondary N) is 1. The van der Waals surface area contributed by atoms with Crippen molar-refractivity contribution < 1.29 is 4.79 Å². The lowest BCUT2D eigenvalue weighted by molar-refractivity contribution is -0.133. The summed E-state index contributed by atoms with van der Waals surface area (Å²) in [5.74, 6) is 1.67. The van der Waals surface area contributed by atoms with E-state index in [0.29, 0.717) is 28.4 Å². The smallest absolute Gasteiger partial charge is 0.266 e. The Kier molecular flexibility index (Phi) is 6.65. The van der Waals surface area contributed by atoms with E-state index in [-0.39, 0.29) is 5.91 Å². The van der Waals surface area contributed by atoms with E-state index in [2.05, 4.69) is 41.3 Å². The van der Waals surface area contributed by atoms with E-state index in [1.807, 2.05) is 28.0 Å². The number of anilines is 2. The molecule has 0 bridgehead atoms. The van der Waals surface area contributed by atoms with Gasteiger partial charge in [0.1, 0.15) is 5.69 Å². The zero-order valence-corrected chi connectivity index (χ0v) is 18.9. The lowest BCUT2D eigenvalue weighted by Gasteiger charge is -2.36. The first kappa shape index (κ1) is 21.2. The average Bonchev–Trinajstić information content (AvgIpc) is 3.12. The fourth-order valence-corrected chi connectivity index (χ4v) is 4.63. The third-order valence-electron chi connectivity index (χ3n) is 5.37. The first-order valence-corrected chi connectivity index (χ1v) is 11.7. The standard InChI is InChI=1S/C21H27ClN6OS/c1-3-13-30-21-24-17(22)16-18(25-21)28(14-15-7-5-4-6-8-15)19(23-16)20(29)27-11-9-26(2)10-12-27/h4-8,19,23H,3,9-14H2,1-2H3. The predicted octanol–water partition coefficient (Wildman–Crippen LogP) is 3.16. The molecule has 7 nitrogen and oxygen atoms in total. The van der Waals surface area contributed by atoms with Crippen molar-refractivity contribution in [2.75, 3.05) is 49.2 Å². The minimum absolute atomic E-state index is 0.0517. The van der Waals surface area contributed by atoms with Crippen molar-refractivity contribution in [2.45, 2.75) is 31.2 Å². The molecule has 0 saturated carbocycles. The number of hydrogen-bond acceptors (Lipinski definition) is 7. The molecule has 2 aromatic rings. The zero-order chi connectivity index (χ0) is 21.1. The van der Waals surface area contributed by atoms with Crippen molar-refractivity contribution in [2.24, 2.45) is 0 Å². The van der Waals surface area contributed by atoms with Gasteiger partial charge < -0.3 is 20.0 Å². The Labute approximate surface area is 186 Å². The van der Waals surface area contributed by atoms with Gasteiger partial charge in [-0.2, -0.15) is 0 Å². The lowest BCUT2D eigenvalue weighted by atomic mass is 10.2. The van der Waals surface area contributed by atoms with Gasteiger partial charge in [-0.3, -0.25) is 4.79 Å². The van der Waals surface area contributed by atoms with Crippen LogP contribution in [-0.2, 0) is 11.3 Å². The molecule has 1 N–H and O–H groups in total. The second kappa shape index (κ2) is 9.41. The molecule has 1 amide bonds. The van der Waals surface area contributed by atoms with Crippen molar-refractivity contribution in [3.63, 3.8) is 0 Å². The van der Waals surface area contributed by atoms with Gasteiger partial charge in [-0.05, 0) is 19.0 Å². The van der Waals surface area contributed by atoms with Gasteiger partial charge in [-0.1, -0.05) is 60.6 Å². The van der Waals surface area contributed by atoms with Gasteiger partial charge in [-0.25, -0.2) is 9.97 Å². The minimum atomic E-state index is -0.540. The second-order valence-electron chi connectivity index (χ2n) is 7.63. The number of benzene rings is 1. The Balaban J connectivity index is 1.65. The van der Waals surface area contributed by atoms with Crippen LogP contribution < -0.4 is 10.2 Å². The summed E-state index contributed by atoms with van der Waals surface area (Å²) in [5.41, 5.74) is 1.75. The first-order chi connectivity index (χ1) is 14.6. The van der Waals surface area contributed by atoms with Crippen LogP contribution in [0.15, 0.2) is 35.5 Å². The maximum Gasteiger partial charge on any atom is 0.266 e. The number of rotatable bonds is 6. The molecule has 0 spiro atoms. The Morgan fingerprint density at radius 3 is 2.63 bits per heavy atom. The molecule has 30 heavy (non-hydrogen) atoms. The highest BCUT2D eigenvalue weighted by atomic mass is 35.5. The molecule has 1 unspecified atom stereocenters. The zero-order valence-electron chi connectivity index (χ0n) is 17.3. The molecule has 2 aliphatic heterocycles. The fourth-order valence-electron chi connectivity index (χ4n) is 3.67. The lowest BCUT2D eigenvalue weighted by Crippen LogP contribution is -2.55. The van der Waals surface area contributed by atoms with Gasteiger partial charge in [0.15, 0.2) is 22.3 Å². The van der Waals surface area contributed by atoms with E-state index < -0.39 is 6.17 Å². The fraction of sp³-hybridized carbons (Fsp3) is 0.476.